The van der Waals surface area contributed by atoms with E-state index in [9.17, 15) is 9.59 Å². The van der Waals surface area contributed by atoms with Crippen LogP contribution in [0.4, 0.5) is 5.69 Å². The van der Waals surface area contributed by atoms with Gasteiger partial charge in [-0.15, -0.1) is 11.8 Å². The SMILES string of the molecule is CC(C)NC(=O)c1ccccc1NC(=O)CSCc1ccccc1Br. The molecule has 0 unspecified atom stereocenters. The molecule has 0 aliphatic carbocycles. The van der Waals surface area contributed by atoms with Crippen LogP contribution in [0.5, 0.6) is 0 Å². The number of hydrogen-bond donors (Lipinski definition) is 2. The Kier molecular flexibility index (Phi) is 7.52. The molecule has 0 saturated heterocycles. The molecule has 0 radical (unpaired) electrons. The van der Waals surface area contributed by atoms with Crippen LogP contribution in [0.2, 0.25) is 0 Å². The molecule has 2 aromatic carbocycles. The van der Waals surface area contributed by atoms with Crippen LogP contribution >= 0.6 is 27.7 Å². The van der Waals surface area contributed by atoms with Gasteiger partial charge in [-0.3, -0.25) is 9.59 Å². The van der Waals surface area contributed by atoms with E-state index in [0.717, 1.165) is 15.8 Å². The van der Waals surface area contributed by atoms with Gasteiger partial charge in [0.25, 0.3) is 5.91 Å². The predicted molar refractivity (Wildman–Crippen MR) is 108 cm³/mol. The van der Waals surface area contributed by atoms with Crippen molar-refractivity contribution in [1.82, 2.24) is 5.32 Å². The number of halogens is 1. The van der Waals surface area contributed by atoms with Crippen LogP contribution in [0.3, 0.4) is 0 Å². The van der Waals surface area contributed by atoms with Gasteiger partial charge in [0.05, 0.1) is 17.0 Å². The fraction of sp³-hybridized carbons (Fsp3) is 0.263. The number of para-hydroxylation sites is 1. The van der Waals surface area contributed by atoms with Crippen LogP contribution in [0.1, 0.15) is 29.8 Å². The summed E-state index contributed by atoms with van der Waals surface area (Å²) < 4.78 is 1.04. The van der Waals surface area contributed by atoms with Crippen molar-refractivity contribution >= 4 is 45.2 Å². The molecule has 0 spiro atoms. The molecule has 25 heavy (non-hydrogen) atoms. The van der Waals surface area contributed by atoms with Crippen molar-refractivity contribution in [1.29, 1.82) is 0 Å². The number of benzene rings is 2. The van der Waals surface area contributed by atoms with Crippen LogP contribution < -0.4 is 10.6 Å². The Bertz CT molecular complexity index is 750. The van der Waals surface area contributed by atoms with Crippen LogP contribution in [0, 0.1) is 0 Å². The largest absolute Gasteiger partial charge is 0.350 e. The lowest BCUT2D eigenvalue weighted by Crippen LogP contribution is -2.31. The lowest BCUT2D eigenvalue weighted by atomic mass is 10.1. The molecule has 2 amide bonds. The third kappa shape index (κ3) is 6.21. The van der Waals surface area contributed by atoms with E-state index in [1.165, 1.54) is 11.8 Å². The lowest BCUT2D eigenvalue weighted by Gasteiger charge is -2.13. The van der Waals surface area contributed by atoms with Crippen LogP contribution in [0.25, 0.3) is 0 Å². The molecule has 0 aromatic heterocycles. The van der Waals surface area contributed by atoms with Crippen molar-refractivity contribution in [2.24, 2.45) is 0 Å². The standard InChI is InChI=1S/C19H21BrN2O2S/c1-13(2)21-19(24)15-8-4-6-10-17(15)22-18(23)12-25-11-14-7-3-5-9-16(14)20/h3-10,13H,11-12H2,1-2H3,(H,21,24)(H,22,23). The van der Waals surface area contributed by atoms with Crippen molar-refractivity contribution in [2.75, 3.05) is 11.1 Å². The topological polar surface area (TPSA) is 58.2 Å². The molecule has 0 saturated carbocycles. The van der Waals surface area contributed by atoms with E-state index in [1.807, 2.05) is 38.1 Å². The number of nitrogens with one attached hydrogen (secondary N) is 2. The molecule has 2 N–H and O–H groups in total. The summed E-state index contributed by atoms with van der Waals surface area (Å²) in [4.78, 5) is 24.4. The first-order valence-electron chi connectivity index (χ1n) is 7.98. The minimum absolute atomic E-state index is 0.0381. The third-order valence-electron chi connectivity index (χ3n) is 3.31. The minimum Gasteiger partial charge on any atom is -0.350 e. The van der Waals surface area contributed by atoms with Crippen molar-refractivity contribution in [2.45, 2.75) is 25.6 Å². The van der Waals surface area contributed by atoms with Gasteiger partial charge in [-0.1, -0.05) is 46.3 Å². The maximum absolute atomic E-state index is 12.2. The van der Waals surface area contributed by atoms with Gasteiger partial charge in [-0.25, -0.2) is 0 Å². The highest BCUT2D eigenvalue weighted by Crippen LogP contribution is 2.22. The smallest absolute Gasteiger partial charge is 0.253 e. The van der Waals surface area contributed by atoms with Gasteiger partial charge in [0, 0.05) is 16.3 Å². The molecule has 0 aliphatic heterocycles. The Labute approximate surface area is 160 Å². The second-order valence-corrected chi connectivity index (χ2v) is 7.65. The maximum Gasteiger partial charge on any atom is 0.253 e. The molecule has 6 heteroatoms. The number of thioether (sulfide) groups is 1. The molecule has 132 valence electrons. The zero-order chi connectivity index (χ0) is 18.2. The number of amides is 2. The van der Waals surface area contributed by atoms with E-state index in [4.69, 9.17) is 0 Å². The van der Waals surface area contributed by atoms with Gasteiger partial charge in [0.2, 0.25) is 5.91 Å². The minimum atomic E-state index is -0.188. The molecule has 0 atom stereocenters. The number of anilines is 1. The first-order chi connectivity index (χ1) is 12.0. The Morgan fingerprint density at radius 3 is 2.48 bits per heavy atom. The fourth-order valence-electron chi connectivity index (χ4n) is 2.19. The highest BCUT2D eigenvalue weighted by atomic mass is 79.9. The number of hydrogen-bond acceptors (Lipinski definition) is 3. The molecule has 0 heterocycles. The van der Waals surface area contributed by atoms with Gasteiger partial charge in [-0.2, -0.15) is 0 Å². The Balaban J connectivity index is 1.92. The fourth-order valence-corrected chi connectivity index (χ4v) is 3.63. The summed E-state index contributed by atoms with van der Waals surface area (Å²) in [6.45, 7) is 3.80. The molecular formula is C19H21BrN2O2S. The van der Waals surface area contributed by atoms with Crippen molar-refractivity contribution in [3.05, 3.63) is 64.1 Å². The summed E-state index contributed by atoms with van der Waals surface area (Å²) >= 11 is 5.03. The van der Waals surface area contributed by atoms with Crippen molar-refractivity contribution in [3.63, 3.8) is 0 Å². The van der Waals surface area contributed by atoms with Crippen LogP contribution in [-0.2, 0) is 10.5 Å². The van der Waals surface area contributed by atoms with Gasteiger partial charge in [0.15, 0.2) is 0 Å². The van der Waals surface area contributed by atoms with Crippen molar-refractivity contribution < 1.29 is 9.59 Å². The zero-order valence-corrected chi connectivity index (χ0v) is 16.6. The predicted octanol–water partition coefficient (Wildman–Crippen LogP) is 4.46. The van der Waals surface area contributed by atoms with Crippen LogP contribution in [-0.4, -0.2) is 23.6 Å². The molecule has 2 aromatic rings. The summed E-state index contributed by atoms with van der Waals surface area (Å²) in [7, 11) is 0. The van der Waals surface area contributed by atoms with Gasteiger partial charge < -0.3 is 10.6 Å². The summed E-state index contributed by atoms with van der Waals surface area (Å²) in [6, 6.07) is 15.0. The molecule has 4 nitrogen and oxygen atoms in total. The zero-order valence-electron chi connectivity index (χ0n) is 14.2. The molecule has 0 fully saturated rings. The van der Waals surface area contributed by atoms with Crippen molar-refractivity contribution in [3.8, 4) is 0 Å². The summed E-state index contributed by atoms with van der Waals surface area (Å²) in [5, 5.41) is 5.68. The molecule has 0 bridgehead atoms. The van der Waals surface area contributed by atoms with Gasteiger partial charge >= 0.3 is 0 Å². The summed E-state index contributed by atoms with van der Waals surface area (Å²) in [5.41, 5.74) is 2.16. The second kappa shape index (κ2) is 9.63. The number of rotatable bonds is 7. The second-order valence-electron chi connectivity index (χ2n) is 5.81. The Hall–Kier alpha value is -1.79. The quantitative estimate of drug-likeness (QED) is 0.694. The van der Waals surface area contributed by atoms with Gasteiger partial charge in [-0.05, 0) is 37.6 Å². The Morgan fingerprint density at radius 2 is 1.76 bits per heavy atom. The maximum atomic E-state index is 12.2. The first kappa shape index (κ1) is 19.5. The van der Waals surface area contributed by atoms with E-state index in [1.54, 1.807) is 24.3 Å². The highest BCUT2D eigenvalue weighted by molar-refractivity contribution is 9.10. The average Bonchev–Trinajstić information content (AvgIpc) is 2.56. The average molecular weight is 421 g/mol. The molecular weight excluding hydrogens is 400 g/mol. The van der Waals surface area contributed by atoms with E-state index < -0.39 is 0 Å². The third-order valence-corrected chi connectivity index (χ3v) is 5.07. The normalized spacial score (nSPS) is 10.6. The van der Waals surface area contributed by atoms with E-state index in [0.29, 0.717) is 17.0 Å². The van der Waals surface area contributed by atoms with Crippen LogP contribution in [0.15, 0.2) is 53.0 Å². The molecule has 0 aliphatic rings. The van der Waals surface area contributed by atoms with E-state index in [-0.39, 0.29) is 17.9 Å². The lowest BCUT2D eigenvalue weighted by molar-refractivity contribution is -0.113. The number of carbonyl (C=O) groups excluding carboxylic acids is 2. The Morgan fingerprint density at radius 1 is 1.08 bits per heavy atom. The summed E-state index contributed by atoms with van der Waals surface area (Å²) in [5.74, 6) is 0.750. The number of carbonyl (C=O) groups is 2. The first-order valence-corrected chi connectivity index (χ1v) is 9.93. The van der Waals surface area contributed by atoms with Gasteiger partial charge in [0.1, 0.15) is 0 Å². The highest BCUT2D eigenvalue weighted by Gasteiger charge is 2.13. The monoisotopic (exact) mass is 420 g/mol. The van der Waals surface area contributed by atoms with E-state index in [2.05, 4.69) is 26.6 Å². The molecule has 2 rings (SSSR count). The summed E-state index contributed by atoms with van der Waals surface area (Å²) in [6.07, 6.45) is 0. The van der Waals surface area contributed by atoms with E-state index >= 15 is 0 Å².